The Kier molecular flexibility index (Phi) is 6.63. The van der Waals surface area contributed by atoms with Crippen LogP contribution in [0.25, 0.3) is 0 Å². The van der Waals surface area contributed by atoms with E-state index in [1.54, 1.807) is 7.11 Å². The van der Waals surface area contributed by atoms with E-state index in [2.05, 4.69) is 45.0 Å². The van der Waals surface area contributed by atoms with Crippen molar-refractivity contribution in [3.8, 4) is 5.75 Å². The van der Waals surface area contributed by atoms with Crippen LogP contribution in [-0.4, -0.2) is 24.4 Å². The van der Waals surface area contributed by atoms with Crippen LogP contribution in [0.3, 0.4) is 0 Å². The van der Waals surface area contributed by atoms with Gasteiger partial charge in [0.05, 0.1) is 24.6 Å². The monoisotopic (exact) mass is 387 g/mol. The molecule has 0 saturated carbocycles. The van der Waals surface area contributed by atoms with E-state index in [9.17, 15) is 4.79 Å². The highest BCUT2D eigenvalue weighted by molar-refractivity contribution is 7.99. The number of benzene rings is 2. The third-order valence-corrected chi connectivity index (χ3v) is 7.20. The molecule has 2 aromatic carbocycles. The van der Waals surface area contributed by atoms with Gasteiger partial charge in [0.25, 0.3) is 0 Å². The van der Waals surface area contributed by atoms with E-state index < -0.39 is 15.6 Å². The van der Waals surface area contributed by atoms with Gasteiger partial charge in [0.2, 0.25) is 4.75 Å². The summed E-state index contributed by atoms with van der Waals surface area (Å²) in [5.41, 5.74) is 1.37. The lowest BCUT2D eigenvalue weighted by atomic mass is 9.87. The molecule has 3 nitrogen and oxygen atoms in total. The van der Waals surface area contributed by atoms with E-state index in [1.165, 1.54) is 5.56 Å². The molecule has 0 spiro atoms. The predicted octanol–water partition coefficient (Wildman–Crippen LogP) is 5.37. The lowest BCUT2D eigenvalue weighted by molar-refractivity contribution is -0.145. The van der Waals surface area contributed by atoms with Crippen molar-refractivity contribution in [1.82, 2.24) is 0 Å². The second-order valence-corrected chi connectivity index (χ2v) is 10.6. The molecular formula is C23H31O3S+. The molecule has 4 heteroatoms. The first-order valence-corrected chi connectivity index (χ1v) is 10.5. The van der Waals surface area contributed by atoms with Gasteiger partial charge < -0.3 is 9.47 Å². The van der Waals surface area contributed by atoms with Crippen LogP contribution in [0.15, 0.2) is 58.3 Å². The van der Waals surface area contributed by atoms with Crippen molar-refractivity contribution in [2.75, 3.05) is 13.7 Å². The van der Waals surface area contributed by atoms with Crippen molar-refractivity contribution in [1.29, 1.82) is 0 Å². The molecule has 146 valence electrons. The highest BCUT2D eigenvalue weighted by Crippen LogP contribution is 2.37. The molecule has 0 aliphatic carbocycles. The van der Waals surface area contributed by atoms with Gasteiger partial charge in [-0.2, -0.15) is 0 Å². The lowest BCUT2D eigenvalue weighted by Crippen LogP contribution is -2.42. The Bertz CT molecular complexity index is 756. The van der Waals surface area contributed by atoms with E-state index in [-0.39, 0.29) is 11.4 Å². The second-order valence-electron chi connectivity index (χ2n) is 7.99. The summed E-state index contributed by atoms with van der Waals surface area (Å²) in [6.07, 6.45) is 0. The fourth-order valence-corrected chi connectivity index (χ4v) is 5.41. The maximum Gasteiger partial charge on any atom is 0.362 e. The summed E-state index contributed by atoms with van der Waals surface area (Å²) in [5, 5.41) is 0. The van der Waals surface area contributed by atoms with Gasteiger partial charge in [0.1, 0.15) is 5.75 Å². The SMILES string of the molecule is CCOC(=O)C(C)(C)[S+](c1ccc(OC)cc1)c1ccc(C(C)(C)C)cc1. The third-order valence-electron chi connectivity index (χ3n) is 4.53. The second kappa shape index (κ2) is 8.39. The molecule has 2 aromatic rings. The third kappa shape index (κ3) is 4.86. The zero-order valence-corrected chi connectivity index (χ0v) is 18.3. The molecule has 0 aliphatic rings. The standard InChI is InChI=1S/C23H31O3S/c1-8-26-21(24)23(5,6)27(20-15-11-18(25-7)12-16-20)19-13-9-17(10-14-19)22(2,3)4/h9-16H,8H2,1-7H3/q+1. The molecule has 0 heterocycles. The Morgan fingerprint density at radius 3 is 1.78 bits per heavy atom. The Hall–Kier alpha value is -1.94. The zero-order valence-electron chi connectivity index (χ0n) is 17.5. The first kappa shape index (κ1) is 21.4. The average molecular weight is 388 g/mol. The zero-order chi connectivity index (χ0) is 20.2. The first-order chi connectivity index (χ1) is 12.6. The molecule has 1 unspecified atom stereocenters. The molecule has 0 N–H and O–H groups in total. The summed E-state index contributed by atoms with van der Waals surface area (Å²) in [5.74, 6) is 0.628. The Morgan fingerprint density at radius 1 is 0.889 bits per heavy atom. The molecular weight excluding hydrogens is 356 g/mol. The molecule has 0 fully saturated rings. The van der Waals surface area contributed by atoms with Crippen LogP contribution in [0.5, 0.6) is 5.75 Å². The van der Waals surface area contributed by atoms with Crippen molar-refractivity contribution in [2.45, 2.75) is 61.5 Å². The molecule has 0 bridgehead atoms. The quantitative estimate of drug-likeness (QED) is 0.494. The first-order valence-electron chi connectivity index (χ1n) is 9.27. The number of carbonyl (C=O) groups excluding carboxylic acids is 1. The van der Waals surface area contributed by atoms with E-state index >= 15 is 0 Å². The lowest BCUT2D eigenvalue weighted by Gasteiger charge is -2.24. The van der Waals surface area contributed by atoms with Gasteiger partial charge in [-0.25, -0.2) is 4.79 Å². The van der Waals surface area contributed by atoms with Gasteiger partial charge in [-0.1, -0.05) is 32.9 Å². The number of hydrogen-bond acceptors (Lipinski definition) is 3. The Labute approximate surface area is 166 Å². The average Bonchev–Trinajstić information content (AvgIpc) is 2.62. The van der Waals surface area contributed by atoms with E-state index in [4.69, 9.17) is 9.47 Å². The molecule has 1 atom stereocenters. The molecule has 0 radical (unpaired) electrons. The molecule has 2 rings (SSSR count). The highest BCUT2D eigenvalue weighted by atomic mass is 32.2. The van der Waals surface area contributed by atoms with Crippen LogP contribution in [0.2, 0.25) is 0 Å². The number of esters is 1. The van der Waals surface area contributed by atoms with Crippen LogP contribution in [0.4, 0.5) is 0 Å². The molecule has 0 saturated heterocycles. The van der Waals surface area contributed by atoms with Crippen LogP contribution in [-0.2, 0) is 25.8 Å². The number of hydrogen-bond donors (Lipinski definition) is 0. The summed E-state index contributed by atoms with van der Waals surface area (Å²) < 4.78 is 10.0. The molecule has 0 amide bonds. The summed E-state index contributed by atoms with van der Waals surface area (Å²) in [4.78, 5) is 15.0. The minimum atomic E-state index is -0.673. The normalized spacial score (nSPS) is 13.1. The summed E-state index contributed by atoms with van der Waals surface area (Å²) in [6.45, 7) is 12.8. The van der Waals surface area contributed by atoms with Crippen LogP contribution >= 0.6 is 0 Å². The van der Waals surface area contributed by atoms with E-state index in [1.807, 2.05) is 45.0 Å². The van der Waals surface area contributed by atoms with E-state index in [0.29, 0.717) is 6.61 Å². The van der Waals surface area contributed by atoms with Crippen molar-refractivity contribution in [2.24, 2.45) is 0 Å². The van der Waals surface area contributed by atoms with Gasteiger partial charge >= 0.3 is 5.97 Å². The number of ether oxygens (including phenoxy) is 2. The summed E-state index contributed by atoms with van der Waals surface area (Å²) in [6, 6.07) is 16.6. The van der Waals surface area contributed by atoms with Gasteiger partial charge in [-0.3, -0.25) is 0 Å². The fraction of sp³-hybridized carbons (Fsp3) is 0.435. The van der Waals surface area contributed by atoms with E-state index in [0.717, 1.165) is 15.5 Å². The number of carbonyl (C=O) groups is 1. The van der Waals surface area contributed by atoms with Gasteiger partial charge in [-0.05, 0) is 68.1 Å². The predicted molar refractivity (Wildman–Crippen MR) is 113 cm³/mol. The van der Waals surface area contributed by atoms with Gasteiger partial charge in [0.15, 0.2) is 9.79 Å². The van der Waals surface area contributed by atoms with Crippen molar-refractivity contribution in [3.63, 3.8) is 0 Å². The molecule has 0 aromatic heterocycles. The van der Waals surface area contributed by atoms with Crippen molar-refractivity contribution in [3.05, 3.63) is 54.1 Å². The minimum Gasteiger partial charge on any atom is -0.497 e. The molecule has 27 heavy (non-hydrogen) atoms. The number of rotatable bonds is 6. The van der Waals surface area contributed by atoms with Crippen molar-refractivity contribution >= 4 is 16.9 Å². The van der Waals surface area contributed by atoms with Gasteiger partial charge in [-0.15, -0.1) is 0 Å². The Morgan fingerprint density at radius 2 is 1.37 bits per heavy atom. The van der Waals surface area contributed by atoms with Crippen molar-refractivity contribution < 1.29 is 14.3 Å². The van der Waals surface area contributed by atoms with Crippen LogP contribution in [0, 0.1) is 0 Å². The fourth-order valence-electron chi connectivity index (χ4n) is 2.92. The minimum absolute atomic E-state index is 0.0912. The largest absolute Gasteiger partial charge is 0.497 e. The maximum absolute atomic E-state index is 12.8. The smallest absolute Gasteiger partial charge is 0.362 e. The molecule has 0 aliphatic heterocycles. The maximum atomic E-state index is 12.8. The Balaban J connectivity index is 2.53. The summed E-state index contributed by atoms with van der Waals surface area (Å²) >= 11 is 0. The van der Waals surface area contributed by atoms with Crippen LogP contribution < -0.4 is 4.74 Å². The summed E-state index contributed by atoms with van der Waals surface area (Å²) in [7, 11) is 1.19. The highest BCUT2D eigenvalue weighted by Gasteiger charge is 2.50. The van der Waals surface area contributed by atoms with Gasteiger partial charge in [0, 0.05) is 0 Å². The van der Waals surface area contributed by atoms with Crippen LogP contribution in [0.1, 0.15) is 47.1 Å². The number of methoxy groups -OCH3 is 1. The topological polar surface area (TPSA) is 35.5 Å².